The quantitative estimate of drug-likeness (QED) is 0.401. The number of hydrogen-bond acceptors (Lipinski definition) is 4. The lowest BCUT2D eigenvalue weighted by Gasteiger charge is -2.06. The molecule has 115 valence electrons. The molecule has 0 rings (SSSR count). The zero-order chi connectivity index (χ0) is 14.0. The lowest BCUT2D eigenvalue weighted by Crippen LogP contribution is -2.14. The van der Waals surface area contributed by atoms with Crippen LogP contribution in [0.3, 0.4) is 0 Å². The van der Waals surface area contributed by atoms with Gasteiger partial charge in [0.15, 0.2) is 0 Å². The highest BCUT2D eigenvalue weighted by molar-refractivity contribution is 4.47. The van der Waals surface area contributed by atoms with Crippen molar-refractivity contribution in [3.63, 3.8) is 0 Å². The average Bonchev–Trinajstić information content (AvgIpc) is 2.43. The Labute approximate surface area is 117 Å². The van der Waals surface area contributed by atoms with Crippen molar-refractivity contribution in [1.29, 1.82) is 0 Å². The number of rotatable bonds is 16. The summed E-state index contributed by atoms with van der Waals surface area (Å²) in [5, 5.41) is 4.42. The van der Waals surface area contributed by atoms with Crippen LogP contribution in [-0.2, 0) is 18.9 Å². The van der Waals surface area contributed by atoms with E-state index < -0.39 is 0 Å². The minimum absolute atomic E-state index is 0.682. The smallest absolute Gasteiger partial charge is 0.0700 e. The fraction of sp³-hybridized carbons (Fsp3) is 1.00. The van der Waals surface area contributed by atoms with E-state index in [9.17, 15) is 0 Å². The first-order valence-corrected chi connectivity index (χ1v) is 7.36. The second kappa shape index (κ2) is 17.8. The second-order valence-electron chi connectivity index (χ2n) is 4.00. The molecule has 0 spiro atoms. The van der Waals surface area contributed by atoms with Crippen LogP contribution >= 0.6 is 0 Å². The maximum Gasteiger partial charge on any atom is 0.0700 e. The van der Waals surface area contributed by atoms with Crippen molar-refractivity contribution < 1.29 is 18.9 Å². The maximum absolute atomic E-state index is 5.39. The summed E-state index contributed by atoms with van der Waals surface area (Å²) in [4.78, 5) is 0. The van der Waals surface area contributed by atoms with Gasteiger partial charge in [-0.3, -0.25) is 0 Å². The Morgan fingerprint density at radius 2 is 1.00 bits per heavy atom. The molecule has 0 aliphatic heterocycles. The third-order valence-electron chi connectivity index (χ3n) is 2.36. The Bertz CT molecular complexity index is 142. The molecule has 1 radical (unpaired) electrons. The predicted octanol–water partition coefficient (Wildman–Crippen LogP) is 1.48. The molecule has 19 heavy (non-hydrogen) atoms. The van der Waals surface area contributed by atoms with Gasteiger partial charge >= 0.3 is 0 Å². The Kier molecular flexibility index (Phi) is 17.6. The van der Waals surface area contributed by atoms with Gasteiger partial charge < -0.3 is 18.9 Å². The van der Waals surface area contributed by atoms with Gasteiger partial charge in [-0.25, -0.2) is 5.32 Å². The van der Waals surface area contributed by atoms with Gasteiger partial charge in [-0.1, -0.05) is 0 Å². The van der Waals surface area contributed by atoms with Crippen LogP contribution in [0, 0.1) is 0 Å². The van der Waals surface area contributed by atoms with Gasteiger partial charge in [-0.15, -0.1) is 0 Å². The van der Waals surface area contributed by atoms with Crippen molar-refractivity contribution in [2.45, 2.75) is 26.7 Å². The van der Waals surface area contributed by atoms with Crippen LogP contribution in [0.4, 0.5) is 0 Å². The van der Waals surface area contributed by atoms with E-state index in [1.54, 1.807) is 0 Å². The standard InChI is InChI=1S/C14H30NO4/c1-3-16-11-13-18-9-5-7-15-8-6-10-19-14-12-17-4-2/h3-14H2,1-2H3. The van der Waals surface area contributed by atoms with E-state index in [2.05, 4.69) is 5.32 Å². The van der Waals surface area contributed by atoms with Crippen LogP contribution in [-0.4, -0.2) is 65.9 Å². The summed E-state index contributed by atoms with van der Waals surface area (Å²) in [6.45, 7) is 11.5. The molecule has 0 aliphatic rings. The minimum Gasteiger partial charge on any atom is -0.379 e. The van der Waals surface area contributed by atoms with E-state index in [0.717, 1.165) is 52.4 Å². The Hall–Kier alpha value is -0.200. The maximum atomic E-state index is 5.39. The zero-order valence-electron chi connectivity index (χ0n) is 12.6. The Morgan fingerprint density at radius 3 is 1.42 bits per heavy atom. The van der Waals surface area contributed by atoms with E-state index in [1.807, 2.05) is 13.8 Å². The van der Waals surface area contributed by atoms with Gasteiger partial charge in [-0.05, 0) is 26.7 Å². The first kappa shape index (κ1) is 18.8. The predicted molar refractivity (Wildman–Crippen MR) is 75.7 cm³/mol. The van der Waals surface area contributed by atoms with Gasteiger partial charge in [0.1, 0.15) is 0 Å². The first-order valence-electron chi connectivity index (χ1n) is 7.36. The molecule has 0 saturated heterocycles. The molecule has 0 bridgehead atoms. The van der Waals surface area contributed by atoms with Crippen molar-refractivity contribution in [1.82, 2.24) is 5.32 Å². The highest BCUT2D eigenvalue weighted by Crippen LogP contribution is 1.86. The van der Waals surface area contributed by atoms with Crippen LogP contribution in [0.15, 0.2) is 0 Å². The fourth-order valence-electron chi connectivity index (χ4n) is 1.40. The molecule has 0 heterocycles. The van der Waals surface area contributed by atoms with Crippen LogP contribution in [0.1, 0.15) is 26.7 Å². The number of hydrogen-bond donors (Lipinski definition) is 0. The molecular weight excluding hydrogens is 246 g/mol. The van der Waals surface area contributed by atoms with E-state index in [0.29, 0.717) is 26.4 Å². The molecular formula is C14H30NO4. The minimum atomic E-state index is 0.682. The third-order valence-corrected chi connectivity index (χ3v) is 2.36. The van der Waals surface area contributed by atoms with Gasteiger partial charge in [-0.2, -0.15) is 0 Å². The monoisotopic (exact) mass is 276 g/mol. The lowest BCUT2D eigenvalue weighted by atomic mass is 10.4. The molecule has 0 saturated carbocycles. The molecule has 0 aliphatic carbocycles. The van der Waals surface area contributed by atoms with Crippen LogP contribution in [0.25, 0.3) is 0 Å². The van der Waals surface area contributed by atoms with Crippen molar-refractivity contribution in [2.75, 3.05) is 65.9 Å². The molecule has 5 nitrogen and oxygen atoms in total. The molecule has 0 atom stereocenters. The van der Waals surface area contributed by atoms with Crippen molar-refractivity contribution in [2.24, 2.45) is 0 Å². The summed E-state index contributed by atoms with van der Waals surface area (Å²) in [5.41, 5.74) is 0. The molecule has 0 fully saturated rings. The van der Waals surface area contributed by atoms with E-state index in [-0.39, 0.29) is 0 Å². The summed E-state index contributed by atoms with van der Waals surface area (Å²) < 4.78 is 21.1. The van der Waals surface area contributed by atoms with Crippen LogP contribution < -0.4 is 5.32 Å². The van der Waals surface area contributed by atoms with E-state index in [1.165, 1.54) is 0 Å². The van der Waals surface area contributed by atoms with Crippen LogP contribution in [0.5, 0.6) is 0 Å². The highest BCUT2D eigenvalue weighted by atomic mass is 16.5. The van der Waals surface area contributed by atoms with Crippen LogP contribution in [0.2, 0.25) is 0 Å². The topological polar surface area (TPSA) is 51.0 Å². The number of ether oxygens (including phenoxy) is 4. The van der Waals surface area contributed by atoms with Gasteiger partial charge in [0.25, 0.3) is 0 Å². The zero-order valence-corrected chi connectivity index (χ0v) is 12.6. The number of nitrogens with zero attached hydrogens (tertiary/aromatic N) is 1. The first-order chi connectivity index (χ1) is 9.41. The summed E-state index contributed by atoms with van der Waals surface area (Å²) in [5.74, 6) is 0. The second-order valence-corrected chi connectivity index (χ2v) is 4.00. The summed E-state index contributed by atoms with van der Waals surface area (Å²) >= 11 is 0. The van der Waals surface area contributed by atoms with Crippen molar-refractivity contribution in [3.05, 3.63) is 0 Å². The SMILES string of the molecule is CCOCCOCCC[N]CCCOCCOCC. The lowest BCUT2D eigenvalue weighted by molar-refractivity contribution is 0.0501. The molecule has 0 aromatic heterocycles. The Morgan fingerprint density at radius 1 is 0.579 bits per heavy atom. The van der Waals surface area contributed by atoms with E-state index in [4.69, 9.17) is 18.9 Å². The van der Waals surface area contributed by atoms with Gasteiger partial charge in [0.05, 0.1) is 26.4 Å². The largest absolute Gasteiger partial charge is 0.379 e. The third kappa shape index (κ3) is 17.8. The van der Waals surface area contributed by atoms with Gasteiger partial charge in [0.2, 0.25) is 0 Å². The normalized spacial score (nSPS) is 11.1. The molecule has 0 aromatic carbocycles. The van der Waals surface area contributed by atoms with E-state index >= 15 is 0 Å². The summed E-state index contributed by atoms with van der Waals surface area (Å²) in [6, 6.07) is 0. The molecule has 5 heteroatoms. The van der Waals surface area contributed by atoms with Gasteiger partial charge in [0, 0.05) is 39.5 Å². The Balaban J connectivity index is 2.88. The fourth-order valence-corrected chi connectivity index (χ4v) is 1.40. The average molecular weight is 276 g/mol. The molecule has 0 amide bonds. The summed E-state index contributed by atoms with van der Waals surface area (Å²) in [7, 11) is 0. The summed E-state index contributed by atoms with van der Waals surface area (Å²) in [6.07, 6.45) is 1.97. The molecule has 0 N–H and O–H groups in total. The molecule has 0 unspecified atom stereocenters. The van der Waals surface area contributed by atoms with Crippen molar-refractivity contribution >= 4 is 0 Å². The highest BCUT2D eigenvalue weighted by Gasteiger charge is 1.93. The van der Waals surface area contributed by atoms with Crippen molar-refractivity contribution in [3.8, 4) is 0 Å². The molecule has 0 aromatic rings.